The molecule has 1 aliphatic heterocycles. The summed E-state index contributed by atoms with van der Waals surface area (Å²) in [5.74, 6) is -0.0228. The van der Waals surface area contributed by atoms with Gasteiger partial charge in [0.25, 0.3) is 5.56 Å². The maximum Gasteiger partial charge on any atom is 0.262 e. The Balaban J connectivity index is 1.68. The molecule has 1 aromatic carbocycles. The van der Waals surface area contributed by atoms with Crippen molar-refractivity contribution in [2.75, 3.05) is 20.3 Å². The van der Waals surface area contributed by atoms with Crippen molar-refractivity contribution in [2.24, 2.45) is 0 Å². The van der Waals surface area contributed by atoms with Crippen LogP contribution in [0.15, 0.2) is 35.4 Å². The van der Waals surface area contributed by atoms with Crippen LogP contribution in [0.2, 0.25) is 0 Å². The van der Waals surface area contributed by atoms with Gasteiger partial charge in [-0.25, -0.2) is 4.98 Å². The van der Waals surface area contributed by atoms with Gasteiger partial charge in [-0.2, -0.15) is 0 Å². The zero-order valence-corrected chi connectivity index (χ0v) is 16.2. The van der Waals surface area contributed by atoms with Crippen molar-refractivity contribution in [3.8, 4) is 0 Å². The van der Waals surface area contributed by atoms with Crippen molar-refractivity contribution in [1.29, 1.82) is 0 Å². The van der Waals surface area contributed by atoms with Crippen molar-refractivity contribution in [1.82, 2.24) is 14.5 Å². The lowest BCUT2D eigenvalue weighted by atomic mass is 10.1. The van der Waals surface area contributed by atoms with Crippen LogP contribution in [0.25, 0.3) is 10.2 Å². The van der Waals surface area contributed by atoms with Gasteiger partial charge in [0.15, 0.2) is 0 Å². The highest BCUT2D eigenvalue weighted by Gasteiger charge is 2.26. The molecule has 0 spiro atoms. The van der Waals surface area contributed by atoms with E-state index in [9.17, 15) is 9.59 Å². The van der Waals surface area contributed by atoms with E-state index in [0.29, 0.717) is 31.4 Å². The monoisotopic (exact) mass is 383 g/mol. The number of fused-ring (bicyclic) bond motifs is 3. The Bertz CT molecular complexity index is 1070. The molecule has 1 aliphatic rings. The number of benzene rings is 1. The van der Waals surface area contributed by atoms with Crippen LogP contribution in [0.1, 0.15) is 21.6 Å². The predicted octanol–water partition coefficient (Wildman–Crippen LogP) is 2.35. The van der Waals surface area contributed by atoms with Crippen LogP contribution in [0.3, 0.4) is 0 Å². The molecule has 0 unspecified atom stereocenters. The molecular formula is C20H21N3O3S. The van der Waals surface area contributed by atoms with Crippen molar-refractivity contribution in [3.63, 3.8) is 0 Å². The van der Waals surface area contributed by atoms with E-state index in [2.05, 4.69) is 11.1 Å². The van der Waals surface area contributed by atoms with Crippen LogP contribution in [-0.4, -0.2) is 40.6 Å². The Labute approximate surface area is 161 Å². The zero-order chi connectivity index (χ0) is 19.0. The number of carbonyl (C=O) groups excluding carboxylic acids is 1. The molecule has 3 heterocycles. The van der Waals surface area contributed by atoms with Crippen molar-refractivity contribution in [3.05, 3.63) is 62.5 Å². The normalized spacial score (nSPS) is 13.8. The molecule has 140 valence electrons. The van der Waals surface area contributed by atoms with E-state index in [1.54, 1.807) is 15.8 Å². The van der Waals surface area contributed by atoms with Gasteiger partial charge >= 0.3 is 0 Å². The smallest absolute Gasteiger partial charge is 0.262 e. The van der Waals surface area contributed by atoms with Crippen LogP contribution in [-0.2, 0) is 29.0 Å². The summed E-state index contributed by atoms with van der Waals surface area (Å²) in [6.07, 6.45) is 2.30. The summed E-state index contributed by atoms with van der Waals surface area (Å²) in [6, 6.07) is 8.14. The minimum absolute atomic E-state index is 0.00401. The molecule has 7 heteroatoms. The van der Waals surface area contributed by atoms with Crippen LogP contribution < -0.4 is 5.56 Å². The molecule has 27 heavy (non-hydrogen) atoms. The molecule has 0 saturated carbocycles. The molecule has 0 radical (unpaired) electrons. The zero-order valence-electron chi connectivity index (χ0n) is 15.4. The predicted molar refractivity (Wildman–Crippen MR) is 105 cm³/mol. The Kier molecular flexibility index (Phi) is 4.80. The van der Waals surface area contributed by atoms with E-state index >= 15 is 0 Å². The van der Waals surface area contributed by atoms with Crippen LogP contribution in [0, 0.1) is 6.92 Å². The number of nitrogens with zero attached hydrogens (tertiary/aromatic N) is 3. The summed E-state index contributed by atoms with van der Waals surface area (Å²) in [7, 11) is 1.52. The highest BCUT2D eigenvalue weighted by atomic mass is 32.1. The summed E-state index contributed by atoms with van der Waals surface area (Å²) in [4.78, 5) is 33.3. The molecule has 3 aromatic rings. The highest BCUT2D eigenvalue weighted by molar-refractivity contribution is 7.18. The number of amides is 1. The fourth-order valence-corrected chi connectivity index (χ4v) is 4.76. The second-order valence-corrected chi connectivity index (χ2v) is 7.93. The second kappa shape index (κ2) is 7.25. The first-order valence-electron chi connectivity index (χ1n) is 8.88. The summed E-state index contributed by atoms with van der Waals surface area (Å²) in [5, 5.41) is 0.712. The maximum absolute atomic E-state index is 13.1. The average Bonchev–Trinajstić information content (AvgIpc) is 3.02. The van der Waals surface area contributed by atoms with E-state index in [0.717, 1.165) is 20.8 Å². The van der Waals surface area contributed by atoms with Gasteiger partial charge in [-0.1, -0.05) is 29.8 Å². The molecule has 0 aliphatic carbocycles. The lowest BCUT2D eigenvalue weighted by Crippen LogP contribution is -2.37. The van der Waals surface area contributed by atoms with Crippen LogP contribution in [0.5, 0.6) is 0 Å². The number of methoxy groups -OCH3 is 1. The molecular weight excluding hydrogens is 362 g/mol. The highest BCUT2D eigenvalue weighted by Crippen LogP contribution is 2.32. The van der Waals surface area contributed by atoms with E-state index in [1.165, 1.54) is 24.0 Å². The third-order valence-corrected chi connectivity index (χ3v) is 6.01. The first-order valence-corrected chi connectivity index (χ1v) is 9.70. The summed E-state index contributed by atoms with van der Waals surface area (Å²) in [5.41, 5.74) is 3.30. The lowest BCUT2D eigenvalue weighted by Gasteiger charge is -2.26. The average molecular weight is 383 g/mol. The molecule has 2 aromatic heterocycles. The standard InChI is InChI=1S/C20H21N3O3S/c1-13-4-3-5-14(8-13)9-23-12-21-19-18(20(23)25)15-6-7-22(10-16(15)27-19)17(24)11-26-2/h3-5,8,12H,6-7,9-11H2,1-2H3. The van der Waals surface area contributed by atoms with Crippen molar-refractivity contribution < 1.29 is 9.53 Å². The van der Waals surface area contributed by atoms with Gasteiger partial charge in [0.05, 0.1) is 24.8 Å². The Morgan fingerprint density at radius 2 is 2.22 bits per heavy atom. The first-order chi connectivity index (χ1) is 13.1. The van der Waals surface area contributed by atoms with Crippen LogP contribution in [0.4, 0.5) is 0 Å². The number of aromatic nitrogens is 2. The Morgan fingerprint density at radius 1 is 1.37 bits per heavy atom. The fourth-order valence-electron chi connectivity index (χ4n) is 3.57. The Morgan fingerprint density at radius 3 is 3.00 bits per heavy atom. The number of rotatable bonds is 4. The van der Waals surface area contributed by atoms with E-state index in [1.807, 2.05) is 25.1 Å². The molecule has 1 amide bonds. The summed E-state index contributed by atoms with van der Waals surface area (Å²) in [6.45, 7) is 3.76. The van der Waals surface area contributed by atoms with Gasteiger partial charge in [-0.15, -0.1) is 11.3 Å². The number of carbonyl (C=O) groups is 1. The largest absolute Gasteiger partial charge is 0.375 e. The van der Waals surface area contributed by atoms with Gasteiger partial charge in [-0.05, 0) is 24.5 Å². The molecule has 6 nitrogen and oxygen atoms in total. The van der Waals surface area contributed by atoms with Gasteiger partial charge < -0.3 is 9.64 Å². The number of hydrogen-bond acceptors (Lipinski definition) is 5. The van der Waals surface area contributed by atoms with Gasteiger partial charge in [0, 0.05) is 18.5 Å². The molecule has 4 rings (SSSR count). The summed E-state index contributed by atoms with van der Waals surface area (Å²) >= 11 is 1.51. The summed E-state index contributed by atoms with van der Waals surface area (Å²) < 4.78 is 6.62. The topological polar surface area (TPSA) is 64.4 Å². The SMILES string of the molecule is COCC(=O)N1CCc2c(sc3ncn(Cc4cccc(C)c4)c(=O)c23)C1. The second-order valence-electron chi connectivity index (χ2n) is 6.85. The number of thiophene rings is 1. The third kappa shape index (κ3) is 3.40. The number of ether oxygens (including phenoxy) is 1. The van der Waals surface area contributed by atoms with Crippen LogP contribution >= 0.6 is 11.3 Å². The minimum Gasteiger partial charge on any atom is -0.375 e. The van der Waals surface area contributed by atoms with Gasteiger partial charge in [0.2, 0.25) is 5.91 Å². The molecule has 0 N–H and O–H groups in total. The van der Waals surface area contributed by atoms with E-state index in [4.69, 9.17) is 4.74 Å². The third-order valence-electron chi connectivity index (χ3n) is 4.88. The van der Waals surface area contributed by atoms with E-state index < -0.39 is 0 Å². The fraction of sp³-hybridized carbons (Fsp3) is 0.350. The molecule has 0 fully saturated rings. The quantitative estimate of drug-likeness (QED) is 0.694. The lowest BCUT2D eigenvalue weighted by molar-refractivity contribution is -0.136. The minimum atomic E-state index is -0.0228. The van der Waals surface area contributed by atoms with Crippen molar-refractivity contribution in [2.45, 2.75) is 26.4 Å². The molecule has 0 bridgehead atoms. The molecule has 0 saturated heterocycles. The number of hydrogen-bond donors (Lipinski definition) is 0. The van der Waals surface area contributed by atoms with Crippen molar-refractivity contribution >= 4 is 27.5 Å². The number of aryl methyl sites for hydroxylation is 1. The molecule has 0 atom stereocenters. The van der Waals surface area contributed by atoms with Gasteiger partial charge in [-0.3, -0.25) is 14.2 Å². The van der Waals surface area contributed by atoms with E-state index in [-0.39, 0.29) is 18.1 Å². The first kappa shape index (κ1) is 17.9. The maximum atomic E-state index is 13.1. The Hall–Kier alpha value is -2.51. The van der Waals surface area contributed by atoms with Gasteiger partial charge in [0.1, 0.15) is 11.4 Å².